The summed E-state index contributed by atoms with van der Waals surface area (Å²) in [4.78, 5) is 11.4. The third-order valence-corrected chi connectivity index (χ3v) is 2.33. The van der Waals surface area contributed by atoms with Crippen LogP contribution in [0.3, 0.4) is 0 Å². The highest BCUT2D eigenvalue weighted by atomic mass is 19.3. The standard InChI is InChI=1S/C13H16F2O2/c1-13(2,3)10-6-4-9(5-7-10)12(16)17-8-11(14)15/h4-7,11H,8H2,1-3H3. The van der Waals surface area contributed by atoms with Crippen LogP contribution in [-0.4, -0.2) is 19.0 Å². The third kappa shape index (κ3) is 4.13. The minimum absolute atomic E-state index is 0.00852. The molecular formula is C13H16F2O2. The van der Waals surface area contributed by atoms with E-state index in [-0.39, 0.29) is 5.41 Å². The van der Waals surface area contributed by atoms with Crippen molar-refractivity contribution in [3.8, 4) is 0 Å². The Morgan fingerprint density at radius 1 is 1.24 bits per heavy atom. The average molecular weight is 242 g/mol. The second-order valence-corrected chi connectivity index (χ2v) is 4.82. The van der Waals surface area contributed by atoms with Crippen molar-refractivity contribution in [3.63, 3.8) is 0 Å². The number of halogens is 2. The fourth-order valence-electron chi connectivity index (χ4n) is 1.33. The maximum absolute atomic E-state index is 11.9. The maximum atomic E-state index is 11.9. The summed E-state index contributed by atoms with van der Waals surface area (Å²) in [6, 6.07) is 6.79. The lowest BCUT2D eigenvalue weighted by molar-refractivity contribution is 0.0160. The molecule has 0 amide bonds. The van der Waals surface area contributed by atoms with Gasteiger partial charge in [0.2, 0.25) is 0 Å². The van der Waals surface area contributed by atoms with Crippen LogP contribution < -0.4 is 0 Å². The second-order valence-electron chi connectivity index (χ2n) is 4.82. The van der Waals surface area contributed by atoms with Gasteiger partial charge in [0, 0.05) is 0 Å². The molecule has 1 aromatic carbocycles. The van der Waals surface area contributed by atoms with Crippen LogP contribution >= 0.6 is 0 Å². The molecule has 0 saturated carbocycles. The van der Waals surface area contributed by atoms with E-state index < -0.39 is 19.0 Å². The van der Waals surface area contributed by atoms with Crippen LogP contribution in [0.25, 0.3) is 0 Å². The summed E-state index contributed by atoms with van der Waals surface area (Å²) < 4.78 is 28.1. The lowest BCUT2D eigenvalue weighted by Crippen LogP contribution is -2.13. The maximum Gasteiger partial charge on any atom is 0.338 e. The number of ether oxygens (including phenoxy) is 1. The lowest BCUT2D eigenvalue weighted by Gasteiger charge is -2.18. The topological polar surface area (TPSA) is 26.3 Å². The molecule has 0 spiro atoms. The minimum Gasteiger partial charge on any atom is -0.456 e. The van der Waals surface area contributed by atoms with Crippen LogP contribution in [-0.2, 0) is 10.2 Å². The van der Waals surface area contributed by atoms with Crippen LogP contribution in [0, 0.1) is 0 Å². The van der Waals surface area contributed by atoms with Gasteiger partial charge in [-0.3, -0.25) is 0 Å². The van der Waals surface area contributed by atoms with Crippen molar-refractivity contribution in [3.05, 3.63) is 35.4 Å². The Kier molecular flexibility index (Phi) is 4.21. The number of carbonyl (C=O) groups excluding carboxylic acids is 1. The van der Waals surface area contributed by atoms with Gasteiger partial charge in [0.15, 0.2) is 6.61 Å². The molecule has 0 bridgehead atoms. The number of benzene rings is 1. The fraction of sp³-hybridized carbons (Fsp3) is 0.462. The van der Waals surface area contributed by atoms with E-state index in [1.54, 1.807) is 24.3 Å². The summed E-state index contributed by atoms with van der Waals surface area (Å²) in [5.74, 6) is -0.717. The molecule has 0 aliphatic heterocycles. The Bertz CT molecular complexity index is 377. The lowest BCUT2D eigenvalue weighted by atomic mass is 9.87. The number of esters is 1. The summed E-state index contributed by atoms with van der Waals surface area (Å²) in [6.07, 6.45) is -2.63. The Morgan fingerprint density at radius 3 is 2.18 bits per heavy atom. The molecule has 0 heterocycles. The monoisotopic (exact) mass is 242 g/mol. The normalized spacial score (nSPS) is 11.6. The molecule has 0 radical (unpaired) electrons. The first-order valence-electron chi connectivity index (χ1n) is 5.36. The highest BCUT2D eigenvalue weighted by Crippen LogP contribution is 2.22. The summed E-state index contributed by atoms with van der Waals surface area (Å²) in [7, 11) is 0. The quantitative estimate of drug-likeness (QED) is 0.759. The molecule has 0 unspecified atom stereocenters. The number of hydrogen-bond acceptors (Lipinski definition) is 2. The summed E-state index contributed by atoms with van der Waals surface area (Å²) >= 11 is 0. The van der Waals surface area contributed by atoms with Gasteiger partial charge in [0.1, 0.15) is 0 Å². The van der Waals surface area contributed by atoms with Crippen LogP contribution in [0.4, 0.5) is 8.78 Å². The van der Waals surface area contributed by atoms with E-state index in [1.807, 2.05) is 0 Å². The molecule has 4 heteroatoms. The van der Waals surface area contributed by atoms with Gasteiger partial charge >= 0.3 is 5.97 Å². The number of hydrogen-bond donors (Lipinski definition) is 0. The highest BCUT2D eigenvalue weighted by Gasteiger charge is 2.15. The van der Waals surface area contributed by atoms with Crippen molar-refractivity contribution >= 4 is 5.97 Å². The SMILES string of the molecule is CC(C)(C)c1ccc(C(=O)OCC(F)F)cc1. The van der Waals surface area contributed by atoms with Crippen molar-refractivity contribution < 1.29 is 18.3 Å². The summed E-state index contributed by atoms with van der Waals surface area (Å²) in [5, 5.41) is 0. The van der Waals surface area contributed by atoms with Gasteiger partial charge in [-0.2, -0.15) is 0 Å². The molecule has 0 N–H and O–H groups in total. The molecule has 0 aliphatic rings. The largest absolute Gasteiger partial charge is 0.456 e. The Morgan fingerprint density at radius 2 is 1.76 bits per heavy atom. The Labute approximate surface area is 99.6 Å². The first-order valence-corrected chi connectivity index (χ1v) is 5.36. The van der Waals surface area contributed by atoms with Gasteiger partial charge in [-0.15, -0.1) is 0 Å². The molecule has 1 rings (SSSR count). The number of alkyl halides is 2. The molecule has 94 valence electrons. The van der Waals surface area contributed by atoms with Crippen molar-refractivity contribution in [2.45, 2.75) is 32.6 Å². The molecule has 17 heavy (non-hydrogen) atoms. The molecule has 0 fully saturated rings. The highest BCUT2D eigenvalue weighted by molar-refractivity contribution is 5.89. The van der Waals surface area contributed by atoms with Crippen LogP contribution in [0.15, 0.2) is 24.3 Å². The number of rotatable bonds is 3. The van der Waals surface area contributed by atoms with E-state index >= 15 is 0 Å². The predicted octanol–water partition coefficient (Wildman–Crippen LogP) is 3.41. The molecule has 0 atom stereocenters. The van der Waals surface area contributed by atoms with Crippen molar-refractivity contribution in [1.29, 1.82) is 0 Å². The molecule has 0 saturated heterocycles. The van der Waals surface area contributed by atoms with E-state index in [4.69, 9.17) is 0 Å². The molecule has 0 aliphatic carbocycles. The fourth-order valence-corrected chi connectivity index (χ4v) is 1.33. The van der Waals surface area contributed by atoms with E-state index in [0.29, 0.717) is 5.56 Å². The van der Waals surface area contributed by atoms with Crippen molar-refractivity contribution in [1.82, 2.24) is 0 Å². The number of carbonyl (C=O) groups is 1. The first-order chi connectivity index (χ1) is 7.80. The van der Waals surface area contributed by atoms with Gasteiger partial charge in [-0.25, -0.2) is 13.6 Å². The van der Waals surface area contributed by atoms with E-state index in [9.17, 15) is 13.6 Å². The van der Waals surface area contributed by atoms with Crippen LogP contribution in [0.1, 0.15) is 36.7 Å². The van der Waals surface area contributed by atoms with Gasteiger partial charge in [0.25, 0.3) is 6.43 Å². The van der Waals surface area contributed by atoms with Crippen LogP contribution in [0.5, 0.6) is 0 Å². The molecule has 0 aromatic heterocycles. The minimum atomic E-state index is -2.63. The second kappa shape index (κ2) is 5.25. The Balaban J connectivity index is 2.71. The van der Waals surface area contributed by atoms with E-state index in [0.717, 1.165) is 5.56 Å². The van der Waals surface area contributed by atoms with E-state index in [2.05, 4.69) is 25.5 Å². The van der Waals surface area contributed by atoms with Gasteiger partial charge in [0.05, 0.1) is 5.56 Å². The zero-order chi connectivity index (χ0) is 13.1. The Hall–Kier alpha value is -1.45. The zero-order valence-electron chi connectivity index (χ0n) is 10.2. The molecule has 1 aromatic rings. The summed E-state index contributed by atoms with van der Waals surface area (Å²) in [5.41, 5.74) is 1.35. The van der Waals surface area contributed by atoms with Crippen molar-refractivity contribution in [2.75, 3.05) is 6.61 Å². The smallest absolute Gasteiger partial charge is 0.338 e. The van der Waals surface area contributed by atoms with E-state index in [1.165, 1.54) is 0 Å². The van der Waals surface area contributed by atoms with Gasteiger partial charge < -0.3 is 4.74 Å². The van der Waals surface area contributed by atoms with Gasteiger partial charge in [-0.1, -0.05) is 32.9 Å². The first kappa shape index (κ1) is 13.6. The zero-order valence-corrected chi connectivity index (χ0v) is 10.2. The molecular weight excluding hydrogens is 226 g/mol. The summed E-state index contributed by atoms with van der Waals surface area (Å²) in [6.45, 7) is 5.30. The van der Waals surface area contributed by atoms with Crippen LogP contribution in [0.2, 0.25) is 0 Å². The third-order valence-electron chi connectivity index (χ3n) is 2.33. The molecule has 2 nitrogen and oxygen atoms in total. The average Bonchev–Trinajstić information content (AvgIpc) is 2.25. The van der Waals surface area contributed by atoms with Crippen molar-refractivity contribution in [2.24, 2.45) is 0 Å². The van der Waals surface area contributed by atoms with Gasteiger partial charge in [-0.05, 0) is 23.1 Å². The predicted molar refractivity (Wildman–Crippen MR) is 61.4 cm³/mol.